The molecule has 0 atom stereocenters. The molecule has 1 spiro atoms. The molecule has 1 aromatic carbocycles. The van der Waals surface area contributed by atoms with Gasteiger partial charge in [-0.1, -0.05) is 17.7 Å². The molecule has 0 N–H and O–H groups in total. The fourth-order valence-corrected chi connectivity index (χ4v) is 4.96. The average molecular weight is 342 g/mol. The molecular formula is C22H35N3. The summed E-state index contributed by atoms with van der Waals surface area (Å²) in [5.41, 5.74) is 3.76. The van der Waals surface area contributed by atoms with Gasteiger partial charge in [-0.05, 0) is 58.6 Å². The fraction of sp³-hybridized carbons (Fsp3) is 0.727. The monoisotopic (exact) mass is 341 g/mol. The van der Waals surface area contributed by atoms with Crippen molar-refractivity contribution in [2.24, 2.45) is 11.3 Å². The second-order valence-electron chi connectivity index (χ2n) is 9.96. The molecule has 138 valence electrons. The Labute approximate surface area is 154 Å². The van der Waals surface area contributed by atoms with Crippen molar-refractivity contribution in [3.63, 3.8) is 0 Å². The third-order valence-electron chi connectivity index (χ3n) is 6.65. The van der Waals surface area contributed by atoms with Crippen LogP contribution in [0.2, 0.25) is 0 Å². The van der Waals surface area contributed by atoms with E-state index in [4.69, 9.17) is 0 Å². The minimum atomic E-state index is 0.356. The van der Waals surface area contributed by atoms with Gasteiger partial charge in [-0.3, -0.25) is 4.90 Å². The van der Waals surface area contributed by atoms with E-state index in [1.165, 1.54) is 69.9 Å². The lowest BCUT2D eigenvalue weighted by Crippen LogP contribution is -2.75. The number of anilines is 1. The van der Waals surface area contributed by atoms with Crippen LogP contribution in [0.3, 0.4) is 0 Å². The van der Waals surface area contributed by atoms with Crippen molar-refractivity contribution in [1.29, 1.82) is 0 Å². The molecule has 25 heavy (non-hydrogen) atoms. The molecule has 1 aromatic rings. The maximum Gasteiger partial charge on any atom is 0.0366 e. The summed E-state index contributed by atoms with van der Waals surface area (Å²) in [5.74, 6) is 0.901. The molecule has 3 saturated heterocycles. The first-order chi connectivity index (χ1) is 11.8. The molecule has 3 heteroatoms. The number of aryl methyl sites for hydroxylation is 1. The van der Waals surface area contributed by atoms with E-state index in [2.05, 4.69) is 66.7 Å². The standard InChI is InChI=1S/C22H35N3/c1-18-5-7-20(8-6-18)24-11-9-19(10-12-24)13-23-14-22(15-23)16-25(17-22)21(2,3)4/h5-8,19H,9-17H2,1-4H3. The molecule has 3 nitrogen and oxygen atoms in total. The van der Waals surface area contributed by atoms with Crippen LogP contribution in [0.25, 0.3) is 0 Å². The van der Waals surface area contributed by atoms with E-state index >= 15 is 0 Å². The number of benzene rings is 1. The van der Waals surface area contributed by atoms with Crippen LogP contribution in [0.1, 0.15) is 39.2 Å². The summed E-state index contributed by atoms with van der Waals surface area (Å²) in [6.45, 7) is 18.3. The summed E-state index contributed by atoms with van der Waals surface area (Å²) >= 11 is 0. The predicted octanol–water partition coefficient (Wildman–Crippen LogP) is 3.63. The third kappa shape index (κ3) is 3.59. The van der Waals surface area contributed by atoms with Crippen molar-refractivity contribution in [2.45, 2.75) is 46.1 Å². The first-order valence-electron chi connectivity index (χ1n) is 10.1. The average Bonchev–Trinajstić information content (AvgIpc) is 2.48. The molecule has 3 aliphatic heterocycles. The van der Waals surface area contributed by atoms with Gasteiger partial charge in [-0.25, -0.2) is 0 Å². The number of hydrogen-bond donors (Lipinski definition) is 0. The summed E-state index contributed by atoms with van der Waals surface area (Å²) in [6.07, 6.45) is 2.71. The van der Waals surface area contributed by atoms with Gasteiger partial charge in [-0.2, -0.15) is 0 Å². The Kier molecular flexibility index (Phi) is 4.36. The highest BCUT2D eigenvalue weighted by Gasteiger charge is 2.53. The minimum Gasteiger partial charge on any atom is -0.372 e. The summed E-state index contributed by atoms with van der Waals surface area (Å²) in [5, 5.41) is 0. The SMILES string of the molecule is Cc1ccc(N2CCC(CN3CC4(C3)CN(C(C)(C)C)C4)CC2)cc1. The zero-order chi connectivity index (χ0) is 17.7. The third-order valence-corrected chi connectivity index (χ3v) is 6.65. The lowest BCUT2D eigenvalue weighted by molar-refractivity contribution is -0.147. The van der Waals surface area contributed by atoms with Gasteiger partial charge in [0.25, 0.3) is 0 Å². The number of rotatable bonds is 3. The van der Waals surface area contributed by atoms with Crippen molar-refractivity contribution >= 4 is 5.69 Å². The van der Waals surface area contributed by atoms with Crippen LogP contribution in [0.5, 0.6) is 0 Å². The minimum absolute atomic E-state index is 0.356. The maximum absolute atomic E-state index is 2.73. The smallest absolute Gasteiger partial charge is 0.0366 e. The molecule has 0 saturated carbocycles. The van der Waals surface area contributed by atoms with E-state index < -0.39 is 0 Å². The van der Waals surface area contributed by atoms with Gasteiger partial charge in [-0.15, -0.1) is 0 Å². The molecule has 3 aliphatic rings. The van der Waals surface area contributed by atoms with E-state index in [0.717, 1.165) is 5.92 Å². The summed E-state index contributed by atoms with van der Waals surface area (Å²) in [4.78, 5) is 7.94. The molecular weight excluding hydrogens is 306 g/mol. The van der Waals surface area contributed by atoms with Gasteiger partial charge in [0.05, 0.1) is 0 Å². The predicted molar refractivity (Wildman–Crippen MR) is 106 cm³/mol. The summed E-state index contributed by atoms with van der Waals surface area (Å²) in [6, 6.07) is 9.04. The second-order valence-corrected chi connectivity index (χ2v) is 9.96. The number of hydrogen-bond acceptors (Lipinski definition) is 3. The molecule has 0 amide bonds. The van der Waals surface area contributed by atoms with Crippen LogP contribution in [0, 0.1) is 18.3 Å². The first kappa shape index (κ1) is 17.4. The van der Waals surface area contributed by atoms with Gasteiger partial charge < -0.3 is 9.80 Å². The maximum atomic E-state index is 2.73. The van der Waals surface area contributed by atoms with Crippen molar-refractivity contribution in [3.05, 3.63) is 29.8 Å². The lowest BCUT2D eigenvalue weighted by Gasteiger charge is -2.64. The van der Waals surface area contributed by atoms with E-state index in [-0.39, 0.29) is 0 Å². The quantitative estimate of drug-likeness (QED) is 0.831. The zero-order valence-corrected chi connectivity index (χ0v) is 16.6. The van der Waals surface area contributed by atoms with Crippen LogP contribution in [-0.4, -0.2) is 61.2 Å². The first-order valence-corrected chi connectivity index (χ1v) is 10.1. The highest BCUT2D eigenvalue weighted by Crippen LogP contribution is 2.43. The number of piperidine rings is 1. The fourth-order valence-electron chi connectivity index (χ4n) is 4.96. The largest absolute Gasteiger partial charge is 0.372 e. The van der Waals surface area contributed by atoms with E-state index in [0.29, 0.717) is 11.0 Å². The van der Waals surface area contributed by atoms with Crippen molar-refractivity contribution in [3.8, 4) is 0 Å². The van der Waals surface area contributed by atoms with Crippen LogP contribution in [0.15, 0.2) is 24.3 Å². The molecule has 0 unspecified atom stereocenters. The van der Waals surface area contributed by atoms with Crippen LogP contribution in [0.4, 0.5) is 5.69 Å². The van der Waals surface area contributed by atoms with E-state index in [1.54, 1.807) is 0 Å². The number of likely N-dealkylation sites (tertiary alicyclic amines) is 2. The zero-order valence-electron chi connectivity index (χ0n) is 16.6. The molecule has 4 rings (SSSR count). The Morgan fingerprint density at radius 1 is 0.960 bits per heavy atom. The molecule has 3 heterocycles. The Bertz CT molecular complexity index is 579. The molecule has 0 aliphatic carbocycles. The second kappa shape index (κ2) is 6.28. The van der Waals surface area contributed by atoms with E-state index in [9.17, 15) is 0 Å². The van der Waals surface area contributed by atoms with Crippen LogP contribution >= 0.6 is 0 Å². The van der Waals surface area contributed by atoms with E-state index in [1.807, 2.05) is 0 Å². The molecule has 0 aromatic heterocycles. The Balaban J connectivity index is 1.19. The number of nitrogens with zero attached hydrogens (tertiary/aromatic N) is 3. The van der Waals surface area contributed by atoms with Crippen molar-refractivity contribution in [1.82, 2.24) is 9.80 Å². The lowest BCUT2D eigenvalue weighted by atomic mass is 9.70. The highest BCUT2D eigenvalue weighted by atomic mass is 15.3. The van der Waals surface area contributed by atoms with Crippen molar-refractivity contribution < 1.29 is 0 Å². The van der Waals surface area contributed by atoms with Crippen LogP contribution < -0.4 is 4.90 Å². The van der Waals surface area contributed by atoms with Gasteiger partial charge in [0.1, 0.15) is 0 Å². The van der Waals surface area contributed by atoms with Gasteiger partial charge in [0.2, 0.25) is 0 Å². The Hall–Kier alpha value is -1.06. The van der Waals surface area contributed by atoms with Crippen molar-refractivity contribution in [2.75, 3.05) is 50.7 Å². The molecule has 0 bridgehead atoms. The van der Waals surface area contributed by atoms with Crippen LogP contribution in [-0.2, 0) is 0 Å². The normalized spacial score (nSPS) is 25.0. The highest BCUT2D eigenvalue weighted by molar-refractivity contribution is 5.47. The summed E-state index contributed by atoms with van der Waals surface area (Å²) in [7, 11) is 0. The van der Waals surface area contributed by atoms with Gasteiger partial charge >= 0.3 is 0 Å². The Morgan fingerprint density at radius 2 is 1.56 bits per heavy atom. The Morgan fingerprint density at radius 3 is 2.12 bits per heavy atom. The topological polar surface area (TPSA) is 9.72 Å². The molecule has 3 fully saturated rings. The van der Waals surface area contributed by atoms with Gasteiger partial charge in [0, 0.05) is 62.5 Å². The van der Waals surface area contributed by atoms with Gasteiger partial charge in [0.15, 0.2) is 0 Å². The summed E-state index contributed by atoms with van der Waals surface area (Å²) < 4.78 is 0. The molecule has 0 radical (unpaired) electrons.